The van der Waals surface area contributed by atoms with Crippen molar-refractivity contribution in [2.24, 2.45) is 11.8 Å². The summed E-state index contributed by atoms with van der Waals surface area (Å²) in [6.45, 7) is 8.27. The molecule has 0 N–H and O–H groups in total. The summed E-state index contributed by atoms with van der Waals surface area (Å²) < 4.78 is 11.8. The molecule has 0 aromatic carbocycles. The highest BCUT2D eigenvalue weighted by molar-refractivity contribution is 5.91. The highest BCUT2D eigenvalue weighted by Gasteiger charge is 2.75. The van der Waals surface area contributed by atoms with E-state index in [1.54, 1.807) is 0 Å². The van der Waals surface area contributed by atoms with Gasteiger partial charge in [-0.25, -0.2) is 4.79 Å². The summed E-state index contributed by atoms with van der Waals surface area (Å²) in [5.41, 5.74) is 1.86. The molecule has 4 heteroatoms. The van der Waals surface area contributed by atoms with Crippen molar-refractivity contribution in [1.29, 1.82) is 0 Å². The SMILES string of the molecule is C=C1C(=O)O[C@@H]2[C@H]3C(C)=CC[C@@]34O[C@@]4(C)CC[C@@H]12.Cl. The van der Waals surface area contributed by atoms with Gasteiger partial charge in [0.25, 0.3) is 0 Å². The molecule has 2 aliphatic heterocycles. The van der Waals surface area contributed by atoms with E-state index < -0.39 is 0 Å². The number of esters is 1. The minimum atomic E-state index is -0.205. The quantitative estimate of drug-likeness (QED) is 0.297. The summed E-state index contributed by atoms with van der Waals surface area (Å²) in [7, 11) is 0. The Hall–Kier alpha value is -0.800. The second-order valence-electron chi connectivity index (χ2n) is 6.39. The van der Waals surface area contributed by atoms with Gasteiger partial charge in [0.2, 0.25) is 0 Å². The Balaban J connectivity index is 0.00000110. The van der Waals surface area contributed by atoms with Gasteiger partial charge in [0.15, 0.2) is 0 Å². The Morgan fingerprint density at radius 3 is 2.95 bits per heavy atom. The van der Waals surface area contributed by atoms with E-state index in [-0.39, 0.29) is 47.5 Å². The van der Waals surface area contributed by atoms with E-state index in [2.05, 4.69) is 26.5 Å². The molecule has 104 valence electrons. The molecule has 0 radical (unpaired) electrons. The van der Waals surface area contributed by atoms with E-state index in [1.165, 1.54) is 5.57 Å². The molecule has 5 atom stereocenters. The van der Waals surface area contributed by atoms with Crippen LogP contribution in [0.15, 0.2) is 23.8 Å². The summed E-state index contributed by atoms with van der Waals surface area (Å²) in [5, 5.41) is 0. The average Bonchev–Trinajstić information content (AvgIpc) is 2.65. The summed E-state index contributed by atoms with van der Waals surface area (Å²) in [5.74, 6) is 0.219. The fourth-order valence-corrected chi connectivity index (χ4v) is 4.45. The Morgan fingerprint density at radius 1 is 1.47 bits per heavy atom. The van der Waals surface area contributed by atoms with Crippen LogP contribution < -0.4 is 0 Å². The number of hydrogen-bond donors (Lipinski definition) is 0. The lowest BCUT2D eigenvalue weighted by Gasteiger charge is -2.26. The summed E-state index contributed by atoms with van der Waals surface area (Å²) in [6.07, 6.45) is 5.13. The van der Waals surface area contributed by atoms with E-state index in [4.69, 9.17) is 9.47 Å². The fraction of sp³-hybridized carbons (Fsp3) is 0.667. The van der Waals surface area contributed by atoms with Crippen LogP contribution in [0.3, 0.4) is 0 Å². The van der Waals surface area contributed by atoms with Gasteiger partial charge in [-0.3, -0.25) is 0 Å². The van der Waals surface area contributed by atoms with Crippen LogP contribution >= 0.6 is 12.4 Å². The van der Waals surface area contributed by atoms with Crippen molar-refractivity contribution in [2.75, 3.05) is 0 Å². The van der Waals surface area contributed by atoms with Crippen molar-refractivity contribution in [3.63, 3.8) is 0 Å². The minimum Gasteiger partial charge on any atom is -0.458 e. The van der Waals surface area contributed by atoms with Crippen molar-refractivity contribution in [1.82, 2.24) is 0 Å². The maximum atomic E-state index is 11.8. The van der Waals surface area contributed by atoms with Gasteiger partial charge >= 0.3 is 5.97 Å². The molecule has 4 rings (SSSR count). The number of halogens is 1. The Bertz CT molecular complexity index is 512. The van der Waals surface area contributed by atoms with E-state index in [0.29, 0.717) is 5.57 Å². The smallest absolute Gasteiger partial charge is 0.334 e. The summed E-state index contributed by atoms with van der Waals surface area (Å²) in [6, 6.07) is 0. The summed E-state index contributed by atoms with van der Waals surface area (Å²) in [4.78, 5) is 11.8. The topological polar surface area (TPSA) is 38.8 Å². The molecular weight excluding hydrogens is 264 g/mol. The number of carbonyl (C=O) groups excluding carboxylic acids is 1. The third-order valence-corrected chi connectivity index (χ3v) is 5.59. The van der Waals surface area contributed by atoms with Crippen molar-refractivity contribution in [2.45, 2.75) is 50.4 Å². The van der Waals surface area contributed by atoms with Crippen molar-refractivity contribution < 1.29 is 14.3 Å². The Kier molecular flexibility index (Phi) is 2.53. The normalized spacial score (nSPS) is 50.2. The zero-order chi connectivity index (χ0) is 12.7. The first-order chi connectivity index (χ1) is 8.48. The molecule has 2 saturated heterocycles. The molecule has 1 spiro atoms. The van der Waals surface area contributed by atoms with Gasteiger partial charge in [-0.15, -0.1) is 12.4 Å². The molecule has 3 fully saturated rings. The maximum absolute atomic E-state index is 11.8. The largest absolute Gasteiger partial charge is 0.458 e. The predicted octanol–water partition coefficient (Wildman–Crippen LogP) is 2.79. The minimum absolute atomic E-state index is 0. The molecule has 0 aromatic rings. The molecule has 0 amide bonds. The second kappa shape index (κ2) is 3.64. The van der Waals surface area contributed by atoms with Crippen molar-refractivity contribution in [3.8, 4) is 0 Å². The van der Waals surface area contributed by atoms with Gasteiger partial charge in [0.05, 0.1) is 5.60 Å². The second-order valence-corrected chi connectivity index (χ2v) is 6.39. The van der Waals surface area contributed by atoms with Crippen LogP contribution in [0.5, 0.6) is 0 Å². The lowest BCUT2D eigenvalue weighted by Crippen LogP contribution is -2.37. The van der Waals surface area contributed by atoms with Crippen LogP contribution in [0.4, 0.5) is 0 Å². The highest BCUT2D eigenvalue weighted by Crippen LogP contribution is 2.67. The number of hydrogen-bond acceptors (Lipinski definition) is 3. The van der Waals surface area contributed by atoms with Gasteiger partial charge in [-0.05, 0) is 33.1 Å². The molecule has 3 nitrogen and oxygen atoms in total. The van der Waals surface area contributed by atoms with Crippen LogP contribution in [-0.4, -0.2) is 23.3 Å². The van der Waals surface area contributed by atoms with Gasteiger partial charge < -0.3 is 9.47 Å². The Labute approximate surface area is 119 Å². The third kappa shape index (κ3) is 1.35. The van der Waals surface area contributed by atoms with Crippen LogP contribution in [0.25, 0.3) is 0 Å². The third-order valence-electron chi connectivity index (χ3n) is 5.59. The standard InChI is InChI=1S/C15H18O3.ClH/c1-8-4-7-15-11(8)12-10(9(2)13(16)17-12)5-6-14(15,3)18-15;/h4,10-12H,2,5-7H2,1,3H3;1H/t10-,11+,12-,14-,15+;/m0./s1. The average molecular weight is 283 g/mol. The molecule has 1 saturated carbocycles. The van der Waals surface area contributed by atoms with Crippen molar-refractivity contribution >= 4 is 18.4 Å². The molecule has 19 heavy (non-hydrogen) atoms. The van der Waals surface area contributed by atoms with E-state index >= 15 is 0 Å². The lowest BCUT2D eigenvalue weighted by atomic mass is 9.78. The fourth-order valence-electron chi connectivity index (χ4n) is 4.45. The number of carbonyl (C=O) groups is 1. The van der Waals surface area contributed by atoms with Crippen LogP contribution in [0, 0.1) is 11.8 Å². The van der Waals surface area contributed by atoms with Crippen LogP contribution in [0.2, 0.25) is 0 Å². The molecule has 4 aliphatic rings. The van der Waals surface area contributed by atoms with E-state index in [1.807, 2.05) is 0 Å². The lowest BCUT2D eigenvalue weighted by molar-refractivity contribution is -0.141. The highest BCUT2D eigenvalue weighted by atomic mass is 35.5. The van der Waals surface area contributed by atoms with Crippen LogP contribution in [0.1, 0.15) is 33.1 Å². The van der Waals surface area contributed by atoms with Gasteiger partial charge in [0.1, 0.15) is 11.7 Å². The monoisotopic (exact) mass is 282 g/mol. The van der Waals surface area contributed by atoms with Gasteiger partial charge in [-0.2, -0.15) is 0 Å². The molecular formula is C15H19ClO3. The Morgan fingerprint density at radius 2 is 2.21 bits per heavy atom. The number of fused-ring (bicyclic) bond motifs is 2. The molecule has 2 aliphatic carbocycles. The molecule has 0 unspecified atom stereocenters. The number of rotatable bonds is 0. The van der Waals surface area contributed by atoms with Crippen molar-refractivity contribution in [3.05, 3.63) is 23.8 Å². The number of ether oxygens (including phenoxy) is 2. The van der Waals surface area contributed by atoms with Gasteiger partial charge in [0, 0.05) is 17.4 Å². The summed E-state index contributed by atoms with van der Waals surface area (Å²) >= 11 is 0. The first-order valence-corrected chi connectivity index (χ1v) is 6.75. The predicted molar refractivity (Wildman–Crippen MR) is 73.1 cm³/mol. The number of epoxide rings is 1. The van der Waals surface area contributed by atoms with Gasteiger partial charge in [-0.1, -0.05) is 18.2 Å². The molecule has 0 bridgehead atoms. The zero-order valence-corrected chi connectivity index (χ0v) is 12.1. The zero-order valence-electron chi connectivity index (χ0n) is 11.3. The maximum Gasteiger partial charge on any atom is 0.334 e. The van der Waals surface area contributed by atoms with Crippen LogP contribution in [-0.2, 0) is 14.3 Å². The first kappa shape index (κ1) is 13.2. The molecule has 0 aromatic heterocycles. The van der Waals surface area contributed by atoms with E-state index in [9.17, 15) is 4.79 Å². The van der Waals surface area contributed by atoms with E-state index in [0.717, 1.165) is 19.3 Å². The molecule has 2 heterocycles. The first-order valence-electron chi connectivity index (χ1n) is 6.75.